The number of likely N-dealkylation sites (N-methyl/N-ethyl adjacent to an activating group) is 1. The smallest absolute Gasteiger partial charge is 0.231 e. The largest absolute Gasteiger partial charge is 0.454 e. The summed E-state index contributed by atoms with van der Waals surface area (Å²) >= 11 is 0. The molecule has 0 fully saturated rings. The van der Waals surface area contributed by atoms with Crippen LogP contribution in [0.25, 0.3) is 0 Å². The summed E-state index contributed by atoms with van der Waals surface area (Å²) < 4.78 is 17.4. The second kappa shape index (κ2) is 3.66. The van der Waals surface area contributed by atoms with Crippen molar-refractivity contribution >= 4 is 0 Å². The van der Waals surface area contributed by atoms with E-state index >= 15 is 0 Å². The zero-order chi connectivity index (χ0) is 9.80. The van der Waals surface area contributed by atoms with Crippen molar-refractivity contribution in [1.82, 2.24) is 5.32 Å². The Morgan fingerprint density at radius 2 is 2.38 bits per heavy atom. The average Bonchev–Trinajstić information content (AvgIpc) is 2.65. The molecule has 0 bridgehead atoms. The van der Waals surface area contributed by atoms with Gasteiger partial charge in [-0.05, 0) is 37.7 Å². The van der Waals surface area contributed by atoms with Crippen molar-refractivity contribution in [3.63, 3.8) is 0 Å². The van der Waals surface area contributed by atoms with E-state index < -0.39 is 0 Å². The Kier molecular flexibility index (Phi) is 2.03. The van der Waals surface area contributed by atoms with Crippen LogP contribution in [0.15, 0.2) is 18.2 Å². The van der Waals surface area contributed by atoms with Crippen molar-refractivity contribution in [3.05, 3.63) is 23.8 Å². The van der Waals surface area contributed by atoms with Crippen molar-refractivity contribution < 1.29 is 10.8 Å². The fraction of sp³-hybridized carbons (Fsp3) is 0.400. The van der Waals surface area contributed by atoms with E-state index in [0.29, 0.717) is 6.79 Å². The molecule has 0 aliphatic carbocycles. The number of benzene rings is 1. The molecule has 3 heteroatoms. The second-order valence-corrected chi connectivity index (χ2v) is 2.94. The number of ether oxygens (including phenoxy) is 2. The van der Waals surface area contributed by atoms with E-state index in [0.717, 1.165) is 24.5 Å². The molecule has 13 heavy (non-hydrogen) atoms. The van der Waals surface area contributed by atoms with Crippen molar-refractivity contribution in [3.8, 4) is 11.5 Å². The molecule has 3 nitrogen and oxygen atoms in total. The van der Waals surface area contributed by atoms with E-state index in [4.69, 9.17) is 10.8 Å². The summed E-state index contributed by atoms with van der Waals surface area (Å²) in [5.41, 5.74) is 1.20. The van der Waals surface area contributed by atoms with Gasteiger partial charge in [-0.2, -0.15) is 0 Å². The minimum atomic E-state index is 0.268. The van der Waals surface area contributed by atoms with Gasteiger partial charge in [0.25, 0.3) is 0 Å². The highest BCUT2D eigenvalue weighted by molar-refractivity contribution is 5.44. The average molecular weight is 180 g/mol. The summed E-state index contributed by atoms with van der Waals surface area (Å²) in [5.74, 6) is 1.65. The Hall–Kier alpha value is -1.22. The molecular formula is C10H13NO2. The molecule has 0 radical (unpaired) electrons. The number of nitrogens with one attached hydrogen (secondary N) is 1. The molecule has 0 saturated heterocycles. The van der Waals surface area contributed by atoms with Gasteiger partial charge in [-0.3, -0.25) is 0 Å². The molecule has 1 aliphatic rings. The Bertz CT molecular complexity index is 317. The SMILES string of the molecule is [2H]CNCCc1ccc2c(c1)OCO2. The standard InChI is InChI=1S/C10H13NO2/c1-11-5-4-8-2-3-9-10(6-8)13-7-12-9/h2-3,6,11H,4-5,7H2,1H3/i1D. The first-order chi connectivity index (χ1) is 6.90. The van der Waals surface area contributed by atoms with E-state index in [2.05, 4.69) is 5.32 Å². The molecule has 0 amide bonds. The fourth-order valence-electron chi connectivity index (χ4n) is 1.33. The molecule has 70 valence electrons. The number of rotatable bonds is 3. The van der Waals surface area contributed by atoms with Gasteiger partial charge in [-0.15, -0.1) is 0 Å². The third-order valence-electron chi connectivity index (χ3n) is 2.03. The highest BCUT2D eigenvalue weighted by Crippen LogP contribution is 2.32. The summed E-state index contributed by atoms with van der Waals surface area (Å²) in [5, 5.41) is 2.96. The molecule has 2 rings (SSSR count). The lowest BCUT2D eigenvalue weighted by molar-refractivity contribution is 0.174. The molecule has 1 heterocycles. The Morgan fingerprint density at radius 1 is 1.46 bits per heavy atom. The van der Waals surface area contributed by atoms with Gasteiger partial charge in [0.05, 0.1) is 0 Å². The minimum absolute atomic E-state index is 0.268. The lowest BCUT2D eigenvalue weighted by Gasteiger charge is -2.01. The summed E-state index contributed by atoms with van der Waals surface area (Å²) in [6.07, 6.45) is 0.912. The molecule has 0 aromatic heterocycles. The normalized spacial score (nSPS) is 14.3. The molecular weight excluding hydrogens is 166 g/mol. The molecule has 0 atom stereocenters. The van der Waals surface area contributed by atoms with Gasteiger partial charge in [-0.1, -0.05) is 6.07 Å². The van der Waals surface area contributed by atoms with E-state index in [1.807, 2.05) is 18.2 Å². The maximum atomic E-state index is 6.94. The maximum Gasteiger partial charge on any atom is 0.231 e. The Morgan fingerprint density at radius 3 is 3.31 bits per heavy atom. The quantitative estimate of drug-likeness (QED) is 0.708. The fourth-order valence-corrected chi connectivity index (χ4v) is 1.33. The van der Waals surface area contributed by atoms with Crippen molar-refractivity contribution in [1.29, 1.82) is 0 Å². The summed E-state index contributed by atoms with van der Waals surface area (Å²) in [7, 11) is 0.268. The molecule has 1 aliphatic heterocycles. The molecule has 0 saturated carbocycles. The van der Waals surface area contributed by atoms with Crippen LogP contribution in [0.5, 0.6) is 11.5 Å². The van der Waals surface area contributed by atoms with Crippen LogP contribution >= 0.6 is 0 Å². The summed E-state index contributed by atoms with van der Waals surface area (Å²) in [6, 6.07) is 5.95. The van der Waals surface area contributed by atoms with Crippen LogP contribution in [0.2, 0.25) is 0 Å². The topological polar surface area (TPSA) is 30.5 Å². The minimum Gasteiger partial charge on any atom is -0.454 e. The number of fused-ring (bicyclic) bond motifs is 1. The summed E-state index contributed by atoms with van der Waals surface area (Å²) in [6.45, 7) is 1.15. The van der Waals surface area contributed by atoms with Crippen molar-refractivity contribution in [2.75, 3.05) is 20.4 Å². The molecule has 0 unspecified atom stereocenters. The van der Waals surface area contributed by atoms with E-state index in [-0.39, 0.29) is 7.02 Å². The van der Waals surface area contributed by atoms with Gasteiger partial charge in [0.1, 0.15) is 0 Å². The molecule has 1 aromatic rings. The van der Waals surface area contributed by atoms with Gasteiger partial charge in [-0.25, -0.2) is 0 Å². The van der Waals surface area contributed by atoms with Crippen LogP contribution in [-0.4, -0.2) is 20.4 Å². The summed E-state index contributed by atoms with van der Waals surface area (Å²) in [4.78, 5) is 0. The van der Waals surface area contributed by atoms with Gasteiger partial charge in [0.15, 0.2) is 11.5 Å². The predicted molar refractivity (Wildman–Crippen MR) is 50.2 cm³/mol. The third-order valence-corrected chi connectivity index (χ3v) is 2.03. The van der Waals surface area contributed by atoms with Crippen LogP contribution in [-0.2, 0) is 6.42 Å². The molecule has 0 spiro atoms. The van der Waals surface area contributed by atoms with Gasteiger partial charge in [0, 0.05) is 1.37 Å². The van der Waals surface area contributed by atoms with Crippen LogP contribution in [0.3, 0.4) is 0 Å². The van der Waals surface area contributed by atoms with E-state index in [9.17, 15) is 0 Å². The Balaban J connectivity index is 1.98. The first-order valence-corrected chi connectivity index (χ1v) is 4.28. The lowest BCUT2D eigenvalue weighted by Crippen LogP contribution is -2.10. The highest BCUT2D eigenvalue weighted by atomic mass is 16.7. The first kappa shape index (κ1) is 7.21. The second-order valence-electron chi connectivity index (χ2n) is 2.94. The van der Waals surface area contributed by atoms with Gasteiger partial charge in [0.2, 0.25) is 6.79 Å². The van der Waals surface area contributed by atoms with Gasteiger partial charge >= 0.3 is 0 Å². The third kappa shape index (κ3) is 1.75. The first-order valence-electron chi connectivity index (χ1n) is 4.99. The monoisotopic (exact) mass is 180 g/mol. The number of hydrogen-bond acceptors (Lipinski definition) is 3. The molecule has 1 N–H and O–H groups in total. The predicted octanol–water partition coefficient (Wildman–Crippen LogP) is 1.18. The number of hydrogen-bond donors (Lipinski definition) is 1. The van der Waals surface area contributed by atoms with E-state index in [1.165, 1.54) is 5.56 Å². The van der Waals surface area contributed by atoms with Crippen LogP contribution in [0, 0.1) is 0 Å². The van der Waals surface area contributed by atoms with E-state index in [1.54, 1.807) is 0 Å². The van der Waals surface area contributed by atoms with Crippen LogP contribution in [0.4, 0.5) is 0 Å². The van der Waals surface area contributed by atoms with Crippen molar-refractivity contribution in [2.24, 2.45) is 0 Å². The lowest BCUT2D eigenvalue weighted by atomic mass is 10.1. The van der Waals surface area contributed by atoms with Crippen LogP contribution in [0.1, 0.15) is 6.93 Å². The zero-order valence-corrected chi connectivity index (χ0v) is 7.38. The van der Waals surface area contributed by atoms with Crippen molar-refractivity contribution in [2.45, 2.75) is 6.42 Å². The van der Waals surface area contributed by atoms with Crippen LogP contribution < -0.4 is 14.8 Å². The maximum absolute atomic E-state index is 6.94. The zero-order valence-electron chi connectivity index (χ0n) is 8.38. The molecule has 1 aromatic carbocycles. The van der Waals surface area contributed by atoms with Gasteiger partial charge < -0.3 is 14.8 Å². The Labute approximate surface area is 79.1 Å². The highest BCUT2D eigenvalue weighted by Gasteiger charge is 2.12.